The molecular weight excluding hydrogens is 246 g/mol. The van der Waals surface area contributed by atoms with Crippen molar-refractivity contribution in [3.63, 3.8) is 0 Å². The van der Waals surface area contributed by atoms with E-state index < -0.39 is 16.5 Å². The number of ether oxygens (including phenoxy) is 1. The van der Waals surface area contributed by atoms with Crippen molar-refractivity contribution in [1.82, 2.24) is 0 Å². The molecule has 0 bridgehead atoms. The summed E-state index contributed by atoms with van der Waals surface area (Å²) in [5.74, 6) is -0.968. The highest BCUT2D eigenvalue weighted by atomic mass is 32.1. The van der Waals surface area contributed by atoms with Crippen molar-refractivity contribution in [2.45, 2.75) is 6.92 Å². The third kappa shape index (κ3) is 1.84. The number of nitro groups is 1. The molecule has 7 heteroatoms. The fraction of sp³-hybridized carbons (Fsp3) is 0.200. The number of ketones is 2. The SMILES string of the molecule is CCOC1=CC(=O)c2sc([N+](=O)[O-])cc2C1=O. The van der Waals surface area contributed by atoms with Crippen LogP contribution < -0.4 is 0 Å². The van der Waals surface area contributed by atoms with Crippen LogP contribution >= 0.6 is 11.3 Å². The van der Waals surface area contributed by atoms with Gasteiger partial charge in [0, 0.05) is 12.1 Å². The van der Waals surface area contributed by atoms with E-state index >= 15 is 0 Å². The Balaban J connectivity index is 2.48. The number of rotatable bonds is 3. The van der Waals surface area contributed by atoms with Crippen molar-refractivity contribution < 1.29 is 19.2 Å². The van der Waals surface area contributed by atoms with Gasteiger partial charge in [0.05, 0.1) is 22.0 Å². The second-order valence-corrected chi connectivity index (χ2v) is 4.25. The van der Waals surface area contributed by atoms with Crippen LogP contribution in [0.4, 0.5) is 5.00 Å². The molecule has 0 saturated carbocycles. The summed E-state index contributed by atoms with van der Waals surface area (Å²) in [6.07, 6.45) is 1.08. The lowest BCUT2D eigenvalue weighted by atomic mass is 10.0. The fourth-order valence-corrected chi connectivity index (χ4v) is 2.35. The molecule has 0 saturated heterocycles. The van der Waals surface area contributed by atoms with Crippen LogP contribution in [0.25, 0.3) is 0 Å². The zero-order valence-corrected chi connectivity index (χ0v) is 9.58. The van der Waals surface area contributed by atoms with Crippen molar-refractivity contribution in [2.75, 3.05) is 6.61 Å². The summed E-state index contributed by atoms with van der Waals surface area (Å²) in [5, 5.41) is 10.4. The first-order valence-corrected chi connectivity index (χ1v) is 5.58. The topological polar surface area (TPSA) is 86.5 Å². The van der Waals surface area contributed by atoms with Crippen LogP contribution in [-0.4, -0.2) is 23.1 Å². The molecule has 0 fully saturated rings. The summed E-state index contributed by atoms with van der Waals surface area (Å²) in [6, 6.07) is 1.12. The van der Waals surface area contributed by atoms with Crippen LogP contribution in [0, 0.1) is 10.1 Å². The molecule has 0 aromatic carbocycles. The molecule has 17 heavy (non-hydrogen) atoms. The van der Waals surface area contributed by atoms with E-state index in [0.717, 1.165) is 12.1 Å². The molecule has 1 aromatic rings. The van der Waals surface area contributed by atoms with Gasteiger partial charge < -0.3 is 4.74 Å². The van der Waals surface area contributed by atoms with Gasteiger partial charge >= 0.3 is 5.00 Å². The summed E-state index contributed by atoms with van der Waals surface area (Å²) in [4.78, 5) is 33.5. The zero-order chi connectivity index (χ0) is 12.6. The first-order valence-electron chi connectivity index (χ1n) is 4.76. The average Bonchev–Trinajstić information content (AvgIpc) is 2.71. The number of allylic oxidation sites excluding steroid dienone is 2. The quantitative estimate of drug-likeness (QED) is 0.607. The van der Waals surface area contributed by atoms with E-state index in [-0.39, 0.29) is 27.8 Å². The molecule has 0 aliphatic heterocycles. The van der Waals surface area contributed by atoms with Gasteiger partial charge in [0.15, 0.2) is 5.76 Å². The Kier molecular flexibility index (Phi) is 2.76. The van der Waals surface area contributed by atoms with Gasteiger partial charge in [-0.15, -0.1) is 0 Å². The third-order valence-electron chi connectivity index (χ3n) is 2.15. The number of hydrogen-bond donors (Lipinski definition) is 0. The molecule has 88 valence electrons. The molecule has 0 spiro atoms. The molecule has 0 radical (unpaired) electrons. The van der Waals surface area contributed by atoms with Gasteiger partial charge in [-0.05, 0) is 6.92 Å². The highest BCUT2D eigenvalue weighted by molar-refractivity contribution is 7.17. The van der Waals surface area contributed by atoms with Crippen molar-refractivity contribution in [1.29, 1.82) is 0 Å². The number of hydrogen-bond acceptors (Lipinski definition) is 6. The predicted octanol–water partition coefficient (Wildman–Crippen LogP) is 1.96. The molecule has 1 aliphatic carbocycles. The Morgan fingerprint density at radius 2 is 2.18 bits per heavy atom. The summed E-state index contributed by atoms with van der Waals surface area (Å²) in [6.45, 7) is 1.94. The van der Waals surface area contributed by atoms with Crippen molar-refractivity contribution >= 4 is 27.9 Å². The highest BCUT2D eigenvalue weighted by Gasteiger charge is 2.32. The fourth-order valence-electron chi connectivity index (χ4n) is 1.47. The largest absolute Gasteiger partial charge is 0.490 e. The molecule has 1 aliphatic rings. The van der Waals surface area contributed by atoms with Gasteiger partial charge in [0.2, 0.25) is 11.6 Å². The first kappa shape index (κ1) is 11.5. The molecule has 6 nitrogen and oxygen atoms in total. The number of carbonyl (C=O) groups excluding carboxylic acids is 2. The Hall–Kier alpha value is -2.02. The van der Waals surface area contributed by atoms with Crippen molar-refractivity contribution in [2.24, 2.45) is 0 Å². The number of fused-ring (bicyclic) bond motifs is 1. The molecule has 0 N–H and O–H groups in total. The van der Waals surface area contributed by atoms with Gasteiger partial charge in [-0.3, -0.25) is 19.7 Å². The van der Waals surface area contributed by atoms with Gasteiger partial charge in [0.25, 0.3) is 0 Å². The summed E-state index contributed by atoms with van der Waals surface area (Å²) < 4.78 is 5.02. The number of carbonyl (C=O) groups is 2. The minimum Gasteiger partial charge on any atom is -0.490 e. The van der Waals surface area contributed by atoms with Crippen LogP contribution in [0.2, 0.25) is 0 Å². The lowest BCUT2D eigenvalue weighted by Gasteiger charge is -2.10. The Labute approximate surface area is 99.7 Å². The standard InChI is InChI=1S/C10H7NO5S/c1-2-16-7-4-6(12)10-5(9(7)13)3-8(17-10)11(14)15/h3-4H,2H2,1H3. The van der Waals surface area contributed by atoms with E-state index in [2.05, 4.69) is 0 Å². The number of Topliss-reactive ketones (excluding diaryl/α,β-unsaturated/α-hetero) is 1. The van der Waals surface area contributed by atoms with Gasteiger partial charge in [-0.25, -0.2) is 0 Å². The molecule has 2 rings (SSSR count). The Bertz CT molecular complexity index is 557. The molecule has 0 unspecified atom stereocenters. The summed E-state index contributed by atoms with van der Waals surface area (Å²) >= 11 is 0.706. The second kappa shape index (κ2) is 4.10. The maximum Gasteiger partial charge on any atom is 0.325 e. The lowest BCUT2D eigenvalue weighted by Crippen LogP contribution is -2.16. The van der Waals surface area contributed by atoms with Gasteiger partial charge in [-0.1, -0.05) is 11.3 Å². The van der Waals surface area contributed by atoms with E-state index in [1.165, 1.54) is 0 Å². The Morgan fingerprint density at radius 1 is 1.47 bits per heavy atom. The summed E-state index contributed by atoms with van der Waals surface area (Å²) in [5.41, 5.74) is 0.0534. The van der Waals surface area contributed by atoms with Gasteiger partial charge in [-0.2, -0.15) is 0 Å². The normalized spacial score (nSPS) is 14.3. The first-order chi connectivity index (χ1) is 8.04. The van der Waals surface area contributed by atoms with Crippen LogP contribution in [0.5, 0.6) is 0 Å². The molecule has 1 heterocycles. The summed E-state index contributed by atoms with van der Waals surface area (Å²) in [7, 11) is 0. The highest BCUT2D eigenvalue weighted by Crippen LogP contribution is 2.33. The van der Waals surface area contributed by atoms with Crippen LogP contribution in [0.3, 0.4) is 0 Å². The maximum absolute atomic E-state index is 11.8. The van der Waals surface area contributed by atoms with E-state index in [4.69, 9.17) is 4.74 Å². The predicted molar refractivity (Wildman–Crippen MR) is 59.3 cm³/mol. The van der Waals surface area contributed by atoms with Crippen molar-refractivity contribution in [3.05, 3.63) is 38.5 Å². The van der Waals surface area contributed by atoms with E-state index in [9.17, 15) is 19.7 Å². The zero-order valence-electron chi connectivity index (χ0n) is 8.76. The van der Waals surface area contributed by atoms with E-state index in [1.54, 1.807) is 6.92 Å². The number of thiophene rings is 1. The average molecular weight is 253 g/mol. The molecular formula is C10H7NO5S. The molecule has 0 amide bonds. The molecule has 1 aromatic heterocycles. The smallest absolute Gasteiger partial charge is 0.325 e. The minimum absolute atomic E-state index is 0.0534. The van der Waals surface area contributed by atoms with Crippen molar-refractivity contribution in [3.8, 4) is 0 Å². The Morgan fingerprint density at radius 3 is 2.76 bits per heavy atom. The monoisotopic (exact) mass is 253 g/mol. The van der Waals surface area contributed by atoms with Gasteiger partial charge in [0.1, 0.15) is 0 Å². The molecule has 0 atom stereocenters. The number of nitrogens with zero attached hydrogens (tertiary/aromatic N) is 1. The van der Waals surface area contributed by atoms with E-state index in [1.807, 2.05) is 0 Å². The third-order valence-corrected chi connectivity index (χ3v) is 3.25. The second-order valence-electron chi connectivity index (χ2n) is 3.22. The lowest BCUT2D eigenvalue weighted by molar-refractivity contribution is -0.380. The minimum atomic E-state index is -0.621. The maximum atomic E-state index is 11.8. The van der Waals surface area contributed by atoms with Crippen LogP contribution in [-0.2, 0) is 4.74 Å². The van der Waals surface area contributed by atoms with Crippen LogP contribution in [0.15, 0.2) is 17.9 Å². The van der Waals surface area contributed by atoms with E-state index in [0.29, 0.717) is 11.3 Å². The van der Waals surface area contributed by atoms with Crippen LogP contribution in [0.1, 0.15) is 27.0 Å².